The molecule has 0 aromatic carbocycles. The topological polar surface area (TPSA) is 192 Å². The number of allylic oxidation sites excluding steroid dienone is 17. The second-order valence-corrected chi connectivity index (χ2v) is 15.7. The number of hydrogen-bond donors (Lipinski definition) is 4. The Hall–Kier alpha value is -3.90. The molecule has 0 aliphatic rings. The maximum Gasteiger partial charge on any atom is 0.472 e. The Labute approximate surface area is 366 Å². The lowest BCUT2D eigenvalue weighted by atomic mass is 10.1. The second-order valence-electron chi connectivity index (χ2n) is 14.3. The van der Waals surface area contributed by atoms with Crippen LogP contribution in [-0.2, 0) is 37.5 Å². The van der Waals surface area contributed by atoms with Crippen LogP contribution >= 0.6 is 7.82 Å². The molecule has 0 rings (SSSR count). The van der Waals surface area contributed by atoms with Crippen molar-refractivity contribution in [1.82, 2.24) is 0 Å². The van der Waals surface area contributed by atoms with Crippen LogP contribution in [0.4, 0.5) is 0 Å². The molecule has 1 unspecified atom stereocenters. The van der Waals surface area contributed by atoms with Crippen molar-refractivity contribution in [2.75, 3.05) is 19.8 Å². The summed E-state index contributed by atoms with van der Waals surface area (Å²) in [5, 5.41) is 18.8. The van der Waals surface area contributed by atoms with E-state index in [-0.39, 0.29) is 12.8 Å². The molecule has 0 aliphatic heterocycles. The van der Waals surface area contributed by atoms with E-state index in [4.69, 9.17) is 24.8 Å². The van der Waals surface area contributed by atoms with Crippen molar-refractivity contribution in [1.29, 1.82) is 0 Å². The van der Waals surface area contributed by atoms with Crippen molar-refractivity contribution in [3.8, 4) is 0 Å². The van der Waals surface area contributed by atoms with Crippen molar-refractivity contribution >= 4 is 25.7 Å². The lowest BCUT2D eigenvalue weighted by Gasteiger charge is -2.20. The van der Waals surface area contributed by atoms with Crippen LogP contribution < -0.4 is 5.73 Å². The van der Waals surface area contributed by atoms with E-state index in [1.165, 1.54) is 0 Å². The van der Waals surface area contributed by atoms with E-state index in [1.54, 1.807) is 0 Å². The largest absolute Gasteiger partial charge is 0.480 e. The van der Waals surface area contributed by atoms with Crippen LogP contribution in [0.15, 0.2) is 109 Å². The van der Waals surface area contributed by atoms with Gasteiger partial charge in [-0.1, -0.05) is 149 Å². The van der Waals surface area contributed by atoms with Gasteiger partial charge in [-0.15, -0.1) is 0 Å². The van der Waals surface area contributed by atoms with Gasteiger partial charge in [0.25, 0.3) is 0 Å². The number of ether oxygens (including phenoxy) is 2. The summed E-state index contributed by atoms with van der Waals surface area (Å²) in [5.41, 5.74) is 5.32. The van der Waals surface area contributed by atoms with Gasteiger partial charge in [-0.05, 0) is 83.5 Å². The Morgan fingerprint density at radius 2 is 1.13 bits per heavy atom. The van der Waals surface area contributed by atoms with Crippen molar-refractivity contribution in [2.45, 2.75) is 154 Å². The van der Waals surface area contributed by atoms with E-state index in [0.29, 0.717) is 19.3 Å². The highest BCUT2D eigenvalue weighted by Crippen LogP contribution is 2.43. The van der Waals surface area contributed by atoms with Crippen LogP contribution in [0.2, 0.25) is 0 Å². The highest BCUT2D eigenvalue weighted by atomic mass is 31.2. The Morgan fingerprint density at radius 1 is 0.607 bits per heavy atom. The van der Waals surface area contributed by atoms with Crippen LogP contribution in [-0.4, -0.2) is 71.1 Å². The van der Waals surface area contributed by atoms with Gasteiger partial charge in [0.1, 0.15) is 12.6 Å². The fraction of sp³-hybridized carbons (Fsp3) is 0.562. The fourth-order valence-corrected chi connectivity index (χ4v) is 5.91. The minimum absolute atomic E-state index is 0.0939. The summed E-state index contributed by atoms with van der Waals surface area (Å²) in [4.78, 5) is 46.0. The Morgan fingerprint density at radius 3 is 1.70 bits per heavy atom. The highest BCUT2D eigenvalue weighted by molar-refractivity contribution is 7.47. The molecule has 0 saturated carbocycles. The van der Waals surface area contributed by atoms with Crippen LogP contribution in [0.5, 0.6) is 0 Å². The van der Waals surface area contributed by atoms with Crippen LogP contribution in [0.3, 0.4) is 0 Å². The summed E-state index contributed by atoms with van der Waals surface area (Å²) in [7, 11) is -4.76. The summed E-state index contributed by atoms with van der Waals surface area (Å²) in [6.45, 7) is 2.44. The molecule has 0 amide bonds. The fourth-order valence-electron chi connectivity index (χ4n) is 5.13. The molecule has 0 bridgehead atoms. The van der Waals surface area contributed by atoms with Gasteiger partial charge < -0.3 is 30.3 Å². The number of rotatable bonds is 39. The Kier molecular flexibility index (Phi) is 38.8. The van der Waals surface area contributed by atoms with Crippen molar-refractivity contribution < 1.29 is 52.6 Å². The number of nitrogens with two attached hydrogens (primary N) is 1. The maximum absolute atomic E-state index is 12.6. The molecule has 0 spiro atoms. The van der Waals surface area contributed by atoms with Crippen LogP contribution in [0.1, 0.15) is 136 Å². The number of phosphoric ester groups is 1. The van der Waals surface area contributed by atoms with Crippen LogP contribution in [0, 0.1) is 0 Å². The molecule has 0 fully saturated rings. The summed E-state index contributed by atoms with van der Waals surface area (Å²) in [6, 6.07) is -1.55. The molecule has 4 atom stereocenters. The summed E-state index contributed by atoms with van der Waals surface area (Å²) in [5.74, 6) is -2.54. The van der Waals surface area contributed by atoms with E-state index in [9.17, 15) is 28.9 Å². The number of hydrogen-bond acceptors (Lipinski definition) is 10. The van der Waals surface area contributed by atoms with Gasteiger partial charge in [0.05, 0.1) is 19.3 Å². The summed E-state index contributed by atoms with van der Waals surface area (Å²) < 4.78 is 32.6. The normalized spacial score (nSPS) is 15.2. The number of esters is 2. The SMILES string of the molecule is CC/C=C\C/C=C\C/C=C\C/C=C\C/C=C\CCCCCC(=O)O[C@H](COC(=O)CCC/C=C\C/C=C\C/C=C\C=C\[C@H](O)CCCCC)COP(=O)(O)OC[C@H](N)C(=O)O. The number of unbranched alkanes of at least 4 members (excludes halogenated alkanes) is 6. The van der Waals surface area contributed by atoms with Crippen LogP contribution in [0.25, 0.3) is 0 Å². The molecular weight excluding hydrogens is 797 g/mol. The number of carboxylic acids is 1. The lowest BCUT2D eigenvalue weighted by Crippen LogP contribution is -2.34. The van der Waals surface area contributed by atoms with Gasteiger partial charge in [-0.2, -0.15) is 0 Å². The average molecular weight is 874 g/mol. The van der Waals surface area contributed by atoms with Crippen molar-refractivity contribution in [3.05, 3.63) is 109 Å². The average Bonchev–Trinajstić information content (AvgIpc) is 3.23. The van der Waals surface area contributed by atoms with Gasteiger partial charge in [0.15, 0.2) is 6.10 Å². The quantitative estimate of drug-likeness (QED) is 0.0150. The van der Waals surface area contributed by atoms with E-state index in [2.05, 4.69) is 85.2 Å². The highest BCUT2D eigenvalue weighted by Gasteiger charge is 2.28. The number of aliphatic carboxylic acids is 1. The first-order valence-electron chi connectivity index (χ1n) is 22.0. The minimum Gasteiger partial charge on any atom is -0.480 e. The zero-order chi connectivity index (χ0) is 45.1. The molecular formula is C48H76NO11P. The van der Waals surface area contributed by atoms with Crippen molar-refractivity contribution in [3.63, 3.8) is 0 Å². The minimum atomic E-state index is -4.76. The Balaban J connectivity index is 4.58. The zero-order valence-electron chi connectivity index (χ0n) is 36.8. The third kappa shape index (κ3) is 41.2. The third-order valence-corrected chi connectivity index (χ3v) is 9.56. The van der Waals surface area contributed by atoms with E-state index >= 15 is 0 Å². The summed E-state index contributed by atoms with van der Waals surface area (Å²) in [6.07, 6.45) is 50.5. The number of phosphoric acid groups is 1. The molecule has 12 nitrogen and oxygen atoms in total. The zero-order valence-corrected chi connectivity index (χ0v) is 37.7. The number of aliphatic hydroxyl groups is 1. The molecule has 61 heavy (non-hydrogen) atoms. The number of carboxylic acid groups (broad SMARTS) is 1. The van der Waals surface area contributed by atoms with Gasteiger partial charge >= 0.3 is 25.7 Å². The molecule has 344 valence electrons. The first-order chi connectivity index (χ1) is 29.5. The van der Waals surface area contributed by atoms with Gasteiger partial charge in [-0.25, -0.2) is 4.57 Å². The molecule has 5 N–H and O–H groups in total. The molecule has 0 aromatic heterocycles. The smallest absolute Gasteiger partial charge is 0.472 e. The van der Waals surface area contributed by atoms with E-state index in [1.807, 2.05) is 42.5 Å². The predicted octanol–water partition coefficient (Wildman–Crippen LogP) is 10.8. The second kappa shape index (κ2) is 41.5. The monoisotopic (exact) mass is 874 g/mol. The van der Waals surface area contributed by atoms with Gasteiger partial charge in [0.2, 0.25) is 0 Å². The standard InChI is InChI=1S/C48H76NO11P/c1-3-5-7-8-9-10-11-12-13-14-15-16-17-18-21-25-28-31-35-39-47(52)60-44(41-58-61(55,56)59-42-45(49)48(53)54)40-57-46(51)38-34-30-27-24-22-19-20-23-26-29-33-37-43(50)36-32-6-4-2/h5,7,9-10,12-13,15-16,18-21,24,26-27,29,33,37,43-45,50H,3-4,6,8,11,14,17,22-23,25,28,30-32,34-36,38-42,49H2,1-2H3,(H,53,54)(H,55,56)/b7-5-,10-9-,13-12-,16-15-,20-19-,21-18-,27-24-,29-26-,37-33+/t43-,44-,45+/m1/s1. The molecule has 0 aromatic rings. The summed E-state index contributed by atoms with van der Waals surface area (Å²) >= 11 is 0. The molecule has 0 saturated heterocycles. The van der Waals surface area contributed by atoms with Gasteiger partial charge in [-0.3, -0.25) is 23.4 Å². The van der Waals surface area contributed by atoms with E-state index < -0.39 is 63.8 Å². The molecule has 13 heteroatoms. The number of carbonyl (C=O) groups excluding carboxylic acids is 2. The predicted molar refractivity (Wildman–Crippen MR) is 246 cm³/mol. The maximum atomic E-state index is 12.6. The van der Waals surface area contributed by atoms with E-state index in [0.717, 1.165) is 89.9 Å². The number of carbonyl (C=O) groups is 3. The third-order valence-electron chi connectivity index (χ3n) is 8.61. The molecule has 0 heterocycles. The van der Waals surface area contributed by atoms with Crippen molar-refractivity contribution in [2.24, 2.45) is 5.73 Å². The first-order valence-corrected chi connectivity index (χ1v) is 23.5. The lowest BCUT2D eigenvalue weighted by molar-refractivity contribution is -0.161. The first kappa shape index (κ1) is 57.1. The number of aliphatic hydroxyl groups excluding tert-OH is 1. The van der Waals surface area contributed by atoms with Gasteiger partial charge in [0, 0.05) is 12.8 Å². The molecule has 0 aliphatic carbocycles. The molecule has 0 radical (unpaired) electrons. The Bertz CT molecular complexity index is 1460.